The van der Waals surface area contributed by atoms with Crippen LogP contribution in [0.1, 0.15) is 26.7 Å². The van der Waals surface area contributed by atoms with Crippen LogP contribution in [-0.2, 0) is 0 Å². The van der Waals surface area contributed by atoms with Crippen LogP contribution in [0.5, 0.6) is 0 Å². The van der Waals surface area contributed by atoms with Crippen molar-refractivity contribution in [3.8, 4) is 0 Å². The van der Waals surface area contributed by atoms with Crippen LogP contribution < -0.4 is 5.32 Å². The second-order valence-corrected chi connectivity index (χ2v) is 4.07. The van der Waals surface area contributed by atoms with E-state index in [0.717, 1.165) is 32.6 Å². The maximum Gasteiger partial charge on any atom is 0.320 e. The van der Waals surface area contributed by atoms with E-state index in [1.807, 2.05) is 30.7 Å². The molecule has 0 aliphatic carbocycles. The summed E-state index contributed by atoms with van der Waals surface area (Å²) in [4.78, 5) is 15.8. The first-order valence-electron chi connectivity index (χ1n) is 5.93. The van der Waals surface area contributed by atoms with Gasteiger partial charge in [0.05, 0.1) is 0 Å². The SMILES string of the molecule is CCN(CC)C(=O)N(C)[C@@H]1CCCNC1. The minimum atomic E-state index is 0.161. The quantitative estimate of drug-likeness (QED) is 0.763. The van der Waals surface area contributed by atoms with Crippen LogP contribution in [0, 0.1) is 0 Å². The Hall–Kier alpha value is -0.770. The number of nitrogens with one attached hydrogen (secondary N) is 1. The Morgan fingerprint density at radius 1 is 1.40 bits per heavy atom. The molecule has 0 spiro atoms. The number of likely N-dealkylation sites (N-methyl/N-ethyl adjacent to an activating group) is 1. The first kappa shape index (κ1) is 12.3. The third kappa shape index (κ3) is 3.09. The summed E-state index contributed by atoms with van der Waals surface area (Å²) in [7, 11) is 1.92. The van der Waals surface area contributed by atoms with Crippen molar-refractivity contribution in [2.24, 2.45) is 0 Å². The minimum Gasteiger partial charge on any atom is -0.325 e. The van der Waals surface area contributed by atoms with Gasteiger partial charge >= 0.3 is 6.03 Å². The molecule has 1 saturated heterocycles. The Labute approximate surface area is 92.6 Å². The maximum atomic E-state index is 12.0. The van der Waals surface area contributed by atoms with E-state index in [1.54, 1.807) is 0 Å². The van der Waals surface area contributed by atoms with Crippen LogP contribution in [0.15, 0.2) is 0 Å². The number of hydrogen-bond acceptors (Lipinski definition) is 2. The van der Waals surface area contributed by atoms with Crippen LogP contribution >= 0.6 is 0 Å². The Kier molecular flexibility index (Phi) is 4.88. The summed E-state index contributed by atoms with van der Waals surface area (Å²) in [5.74, 6) is 0. The Balaban J connectivity index is 2.49. The number of carbonyl (C=O) groups excluding carboxylic acids is 1. The zero-order valence-corrected chi connectivity index (χ0v) is 10.1. The molecular weight excluding hydrogens is 190 g/mol. The van der Waals surface area contributed by atoms with Crippen molar-refractivity contribution in [1.82, 2.24) is 15.1 Å². The summed E-state index contributed by atoms with van der Waals surface area (Å²) < 4.78 is 0. The standard InChI is InChI=1S/C11H23N3O/c1-4-14(5-2)11(15)13(3)10-7-6-8-12-9-10/h10,12H,4-9H2,1-3H3/t10-/m1/s1. The average Bonchev–Trinajstić information content (AvgIpc) is 2.30. The molecule has 0 aromatic carbocycles. The zero-order valence-electron chi connectivity index (χ0n) is 10.1. The molecule has 1 fully saturated rings. The number of nitrogens with zero attached hydrogens (tertiary/aromatic N) is 2. The lowest BCUT2D eigenvalue weighted by atomic mass is 10.1. The fraction of sp³-hybridized carbons (Fsp3) is 0.909. The van der Waals surface area contributed by atoms with Gasteiger partial charge in [-0.1, -0.05) is 0 Å². The van der Waals surface area contributed by atoms with Gasteiger partial charge < -0.3 is 15.1 Å². The highest BCUT2D eigenvalue weighted by Crippen LogP contribution is 2.10. The summed E-state index contributed by atoms with van der Waals surface area (Å²) in [6.45, 7) is 7.65. The summed E-state index contributed by atoms with van der Waals surface area (Å²) >= 11 is 0. The van der Waals surface area contributed by atoms with Crippen molar-refractivity contribution in [1.29, 1.82) is 0 Å². The van der Waals surface area contributed by atoms with E-state index in [1.165, 1.54) is 6.42 Å². The van der Waals surface area contributed by atoms with E-state index in [4.69, 9.17) is 0 Å². The van der Waals surface area contributed by atoms with Gasteiger partial charge in [0.1, 0.15) is 0 Å². The molecule has 1 aliphatic rings. The van der Waals surface area contributed by atoms with Gasteiger partial charge in [-0.05, 0) is 33.2 Å². The highest BCUT2D eigenvalue weighted by Gasteiger charge is 2.24. The molecule has 0 bridgehead atoms. The van der Waals surface area contributed by atoms with E-state index >= 15 is 0 Å². The zero-order chi connectivity index (χ0) is 11.3. The number of hydrogen-bond donors (Lipinski definition) is 1. The molecule has 15 heavy (non-hydrogen) atoms. The summed E-state index contributed by atoms with van der Waals surface area (Å²) in [5.41, 5.74) is 0. The molecule has 1 atom stereocenters. The van der Waals surface area contributed by atoms with Gasteiger partial charge in [-0.3, -0.25) is 0 Å². The van der Waals surface area contributed by atoms with E-state index in [0.29, 0.717) is 6.04 Å². The number of urea groups is 1. The number of piperidine rings is 1. The third-order valence-electron chi connectivity index (χ3n) is 3.15. The Morgan fingerprint density at radius 2 is 2.07 bits per heavy atom. The maximum absolute atomic E-state index is 12.0. The largest absolute Gasteiger partial charge is 0.325 e. The molecule has 0 unspecified atom stereocenters. The molecule has 0 radical (unpaired) electrons. The van der Waals surface area contributed by atoms with E-state index in [2.05, 4.69) is 5.32 Å². The van der Waals surface area contributed by atoms with Gasteiger partial charge in [-0.2, -0.15) is 0 Å². The second-order valence-electron chi connectivity index (χ2n) is 4.07. The first-order chi connectivity index (χ1) is 7.20. The smallest absolute Gasteiger partial charge is 0.320 e. The lowest BCUT2D eigenvalue weighted by Gasteiger charge is -2.35. The van der Waals surface area contributed by atoms with Crippen molar-refractivity contribution in [2.75, 3.05) is 33.2 Å². The molecule has 0 saturated carbocycles. The Morgan fingerprint density at radius 3 is 2.53 bits per heavy atom. The number of rotatable bonds is 3. The second kappa shape index (κ2) is 5.95. The van der Waals surface area contributed by atoms with E-state index < -0.39 is 0 Å². The van der Waals surface area contributed by atoms with Gasteiger partial charge in [0, 0.05) is 32.7 Å². The van der Waals surface area contributed by atoms with Crippen LogP contribution in [0.3, 0.4) is 0 Å². The van der Waals surface area contributed by atoms with Gasteiger partial charge in [-0.25, -0.2) is 4.79 Å². The number of carbonyl (C=O) groups is 1. The molecule has 1 rings (SSSR count). The third-order valence-corrected chi connectivity index (χ3v) is 3.15. The number of amides is 2. The predicted octanol–water partition coefficient (Wildman–Crippen LogP) is 1.13. The topological polar surface area (TPSA) is 35.6 Å². The molecule has 1 N–H and O–H groups in total. The molecule has 4 nitrogen and oxygen atoms in total. The molecule has 2 amide bonds. The molecule has 0 aromatic rings. The van der Waals surface area contributed by atoms with Gasteiger partial charge in [0.25, 0.3) is 0 Å². The lowest BCUT2D eigenvalue weighted by molar-refractivity contribution is 0.142. The van der Waals surface area contributed by atoms with Crippen LogP contribution in [0.2, 0.25) is 0 Å². The first-order valence-corrected chi connectivity index (χ1v) is 5.93. The summed E-state index contributed by atoms with van der Waals surface area (Å²) in [6.07, 6.45) is 2.29. The van der Waals surface area contributed by atoms with Crippen molar-refractivity contribution in [3.63, 3.8) is 0 Å². The van der Waals surface area contributed by atoms with Crippen LogP contribution in [-0.4, -0.2) is 55.1 Å². The normalized spacial score (nSPS) is 21.1. The minimum absolute atomic E-state index is 0.161. The molecule has 0 aromatic heterocycles. The molecule has 1 aliphatic heterocycles. The highest BCUT2D eigenvalue weighted by molar-refractivity contribution is 5.74. The highest BCUT2D eigenvalue weighted by atomic mass is 16.2. The summed E-state index contributed by atoms with van der Waals surface area (Å²) in [6, 6.07) is 0.528. The molecule has 4 heteroatoms. The molecule has 1 heterocycles. The monoisotopic (exact) mass is 213 g/mol. The average molecular weight is 213 g/mol. The van der Waals surface area contributed by atoms with Crippen LogP contribution in [0.4, 0.5) is 4.79 Å². The van der Waals surface area contributed by atoms with Crippen molar-refractivity contribution in [2.45, 2.75) is 32.7 Å². The lowest BCUT2D eigenvalue weighted by Crippen LogP contribution is -2.51. The van der Waals surface area contributed by atoms with Gasteiger partial charge in [0.15, 0.2) is 0 Å². The molecular formula is C11H23N3O. The van der Waals surface area contributed by atoms with Crippen molar-refractivity contribution in [3.05, 3.63) is 0 Å². The van der Waals surface area contributed by atoms with E-state index in [9.17, 15) is 4.79 Å². The predicted molar refractivity (Wildman–Crippen MR) is 62.0 cm³/mol. The Bertz CT molecular complexity index is 198. The van der Waals surface area contributed by atoms with Crippen molar-refractivity contribution < 1.29 is 4.79 Å². The van der Waals surface area contributed by atoms with Crippen LogP contribution in [0.25, 0.3) is 0 Å². The fourth-order valence-corrected chi connectivity index (χ4v) is 2.04. The molecule has 88 valence electrons. The van der Waals surface area contributed by atoms with E-state index in [-0.39, 0.29) is 6.03 Å². The van der Waals surface area contributed by atoms with Gasteiger partial charge in [-0.15, -0.1) is 0 Å². The fourth-order valence-electron chi connectivity index (χ4n) is 2.04. The summed E-state index contributed by atoms with van der Waals surface area (Å²) in [5, 5.41) is 3.33. The van der Waals surface area contributed by atoms with Gasteiger partial charge in [0.2, 0.25) is 0 Å². The van der Waals surface area contributed by atoms with Crippen molar-refractivity contribution >= 4 is 6.03 Å².